The van der Waals surface area contributed by atoms with Gasteiger partial charge in [0.25, 0.3) is 5.56 Å². The number of nitrogens with zero attached hydrogens (tertiary/aromatic N) is 5. The van der Waals surface area contributed by atoms with Crippen molar-refractivity contribution in [3.63, 3.8) is 0 Å². The number of carbonyl (C=O) groups excluding carboxylic acids is 2. The molecule has 1 amide bonds. The Labute approximate surface area is 211 Å². The summed E-state index contributed by atoms with van der Waals surface area (Å²) in [6, 6.07) is 0.491. The molecule has 11 heteroatoms. The third-order valence-corrected chi connectivity index (χ3v) is 6.27. The van der Waals surface area contributed by atoms with Crippen LogP contribution in [0.25, 0.3) is 0 Å². The Morgan fingerprint density at radius 1 is 1.25 bits per heavy atom. The quantitative estimate of drug-likeness (QED) is 0.409. The van der Waals surface area contributed by atoms with E-state index in [9.17, 15) is 14.4 Å². The maximum absolute atomic E-state index is 13.1. The summed E-state index contributed by atoms with van der Waals surface area (Å²) in [5.41, 5.74) is -0.282. The van der Waals surface area contributed by atoms with Crippen molar-refractivity contribution in [2.24, 2.45) is 11.8 Å². The van der Waals surface area contributed by atoms with E-state index in [4.69, 9.17) is 9.26 Å². The van der Waals surface area contributed by atoms with E-state index in [1.165, 1.54) is 36.1 Å². The molecule has 1 N–H and O–H groups in total. The van der Waals surface area contributed by atoms with Gasteiger partial charge >= 0.3 is 6.08 Å². The first kappa shape index (κ1) is 27.5. The van der Waals surface area contributed by atoms with Crippen molar-refractivity contribution in [1.82, 2.24) is 29.9 Å². The first-order chi connectivity index (χ1) is 17.2. The first-order valence-corrected chi connectivity index (χ1v) is 12.7. The number of likely N-dealkylation sites (N-methyl/N-ethyl adjacent to an activating group) is 1. The Kier molecular flexibility index (Phi) is 10.2. The highest BCUT2D eigenvalue weighted by molar-refractivity contribution is 5.99. The van der Waals surface area contributed by atoms with Gasteiger partial charge in [-0.1, -0.05) is 46.0 Å². The minimum Gasteiger partial charge on any atom is -0.447 e. The highest BCUT2D eigenvalue weighted by atomic mass is 16.6. The second kappa shape index (κ2) is 13.3. The van der Waals surface area contributed by atoms with E-state index in [-0.39, 0.29) is 29.9 Å². The highest BCUT2D eigenvalue weighted by Gasteiger charge is 2.28. The number of Topliss-reactive ketones (excluding diaryl/α,β-unsaturated/α-hetero) is 1. The molecule has 2 aromatic heterocycles. The van der Waals surface area contributed by atoms with Crippen molar-refractivity contribution in [2.45, 2.75) is 71.4 Å². The predicted octanol–water partition coefficient (Wildman–Crippen LogP) is 2.10. The van der Waals surface area contributed by atoms with Crippen LogP contribution in [0.1, 0.15) is 68.8 Å². The van der Waals surface area contributed by atoms with Crippen molar-refractivity contribution < 1.29 is 18.8 Å². The number of hydrogen-bond acceptors (Lipinski definition) is 9. The number of hydrogen-bond donors (Lipinski definition) is 1. The molecular formula is C25H38N6O5. The first-order valence-electron chi connectivity index (χ1n) is 12.7. The predicted molar refractivity (Wildman–Crippen MR) is 133 cm³/mol. The molecule has 0 spiro atoms. The van der Waals surface area contributed by atoms with Crippen molar-refractivity contribution in [2.75, 3.05) is 27.2 Å². The van der Waals surface area contributed by atoms with Crippen LogP contribution in [-0.4, -0.2) is 69.6 Å². The van der Waals surface area contributed by atoms with Crippen LogP contribution in [0.5, 0.6) is 6.08 Å². The molecule has 36 heavy (non-hydrogen) atoms. The van der Waals surface area contributed by atoms with Crippen LogP contribution in [0.2, 0.25) is 0 Å². The van der Waals surface area contributed by atoms with Crippen LogP contribution in [0.4, 0.5) is 0 Å². The van der Waals surface area contributed by atoms with Gasteiger partial charge in [0.15, 0.2) is 0 Å². The molecule has 0 bridgehead atoms. The lowest BCUT2D eigenvalue weighted by molar-refractivity contribution is -0.122. The Morgan fingerprint density at radius 3 is 2.69 bits per heavy atom. The van der Waals surface area contributed by atoms with E-state index >= 15 is 0 Å². The number of carbonyl (C=O) groups is 2. The van der Waals surface area contributed by atoms with E-state index < -0.39 is 17.7 Å². The molecule has 3 rings (SSSR count). The summed E-state index contributed by atoms with van der Waals surface area (Å²) in [7, 11) is 3.81. The largest absolute Gasteiger partial charge is 0.447 e. The van der Waals surface area contributed by atoms with Crippen LogP contribution in [0.15, 0.2) is 21.6 Å². The van der Waals surface area contributed by atoms with Crippen molar-refractivity contribution >= 4 is 11.7 Å². The average molecular weight is 503 g/mol. The molecule has 1 saturated carbocycles. The lowest BCUT2D eigenvalue weighted by Crippen LogP contribution is -2.45. The van der Waals surface area contributed by atoms with Crippen LogP contribution < -0.4 is 15.6 Å². The second-order valence-electron chi connectivity index (χ2n) is 10.1. The third kappa shape index (κ3) is 8.25. The van der Waals surface area contributed by atoms with Gasteiger partial charge < -0.3 is 15.0 Å². The van der Waals surface area contributed by atoms with Gasteiger partial charge in [-0.25, -0.2) is 4.98 Å². The van der Waals surface area contributed by atoms with Gasteiger partial charge in [0.05, 0.1) is 6.04 Å². The number of ether oxygens (including phenoxy) is 1. The summed E-state index contributed by atoms with van der Waals surface area (Å²) in [5, 5.41) is 6.51. The lowest BCUT2D eigenvalue weighted by atomic mass is 9.87. The molecule has 11 nitrogen and oxygen atoms in total. The Morgan fingerprint density at radius 2 is 2.00 bits per heavy atom. The molecule has 0 aliphatic heterocycles. The van der Waals surface area contributed by atoms with Crippen LogP contribution in [0, 0.1) is 11.8 Å². The Hall–Kier alpha value is -3.08. The minimum absolute atomic E-state index is 0.0934. The highest BCUT2D eigenvalue weighted by Crippen LogP contribution is 2.26. The molecule has 198 valence electrons. The van der Waals surface area contributed by atoms with Crippen LogP contribution >= 0.6 is 0 Å². The molecule has 1 fully saturated rings. The average Bonchev–Trinajstić information content (AvgIpc) is 3.29. The summed E-state index contributed by atoms with van der Waals surface area (Å²) < 4.78 is 11.8. The summed E-state index contributed by atoms with van der Waals surface area (Å²) in [5.74, 6) is 0.116. The zero-order valence-electron chi connectivity index (χ0n) is 21.7. The maximum Gasteiger partial charge on any atom is 0.417 e. The van der Waals surface area contributed by atoms with Gasteiger partial charge in [-0.05, 0) is 37.5 Å². The van der Waals surface area contributed by atoms with Crippen LogP contribution in [0.3, 0.4) is 0 Å². The molecule has 0 saturated heterocycles. The van der Waals surface area contributed by atoms with E-state index in [2.05, 4.69) is 20.4 Å². The summed E-state index contributed by atoms with van der Waals surface area (Å²) in [6.07, 6.45) is 8.26. The molecule has 2 heterocycles. The fourth-order valence-corrected chi connectivity index (χ4v) is 4.38. The van der Waals surface area contributed by atoms with E-state index in [0.29, 0.717) is 37.7 Å². The van der Waals surface area contributed by atoms with E-state index in [1.54, 1.807) is 0 Å². The van der Waals surface area contributed by atoms with Crippen molar-refractivity contribution in [3.05, 3.63) is 34.3 Å². The van der Waals surface area contributed by atoms with Gasteiger partial charge in [-0.2, -0.15) is 0 Å². The molecule has 1 unspecified atom stereocenters. The van der Waals surface area contributed by atoms with Crippen LogP contribution in [-0.2, 0) is 17.8 Å². The number of ketones is 1. The van der Waals surface area contributed by atoms with E-state index in [1.807, 2.05) is 32.8 Å². The molecule has 2 aromatic rings. The fourth-order valence-electron chi connectivity index (χ4n) is 4.38. The molecule has 1 aliphatic rings. The zero-order valence-corrected chi connectivity index (χ0v) is 21.7. The number of rotatable bonds is 13. The second-order valence-corrected chi connectivity index (χ2v) is 10.1. The topological polar surface area (TPSA) is 132 Å². The number of nitrogens with one attached hydrogen (secondary N) is 1. The van der Waals surface area contributed by atoms with Gasteiger partial charge in [-0.3, -0.25) is 23.5 Å². The van der Waals surface area contributed by atoms with Gasteiger partial charge in [-0.15, -0.1) is 4.98 Å². The monoisotopic (exact) mass is 502 g/mol. The fraction of sp³-hybridized carbons (Fsp3) is 0.680. The number of amides is 1. The smallest absolute Gasteiger partial charge is 0.417 e. The maximum atomic E-state index is 13.1. The van der Waals surface area contributed by atoms with Gasteiger partial charge in [0.2, 0.25) is 17.5 Å². The molecule has 0 aromatic carbocycles. The third-order valence-electron chi connectivity index (χ3n) is 6.27. The Balaban J connectivity index is 1.68. The Bertz CT molecular complexity index is 1060. The summed E-state index contributed by atoms with van der Waals surface area (Å²) >= 11 is 0. The van der Waals surface area contributed by atoms with Gasteiger partial charge in [0, 0.05) is 25.2 Å². The molecule has 1 aliphatic carbocycles. The lowest BCUT2D eigenvalue weighted by Gasteiger charge is -2.23. The normalized spacial score (nSPS) is 15.3. The molecule has 0 radical (unpaired) electrons. The van der Waals surface area contributed by atoms with Gasteiger partial charge in [0.1, 0.15) is 19.0 Å². The van der Waals surface area contributed by atoms with Crippen molar-refractivity contribution in [1.29, 1.82) is 0 Å². The standard InChI is InChI=1S/C25H38N6O5/c1-17(2)14-19(23(34)24-28-25(36-29-24)35-13-12-30(3)4)27-21(32)16-31-20(26-11-10-22(31)33)15-18-8-6-5-7-9-18/h10-11,17-19H,5-9,12-16H2,1-4H3,(H,27,32). The van der Waals surface area contributed by atoms with E-state index in [0.717, 1.165) is 12.8 Å². The molecule has 1 atom stereocenters. The summed E-state index contributed by atoms with van der Waals surface area (Å²) in [4.78, 5) is 49.1. The SMILES string of the molecule is CC(C)CC(NC(=O)Cn1c(CC2CCCCC2)nccc1=O)C(=O)c1noc(OCCN(C)C)n1. The zero-order chi connectivity index (χ0) is 26.1. The minimum atomic E-state index is -0.862. The number of aromatic nitrogens is 4. The van der Waals surface area contributed by atoms with Crippen molar-refractivity contribution in [3.8, 4) is 6.08 Å². The summed E-state index contributed by atoms with van der Waals surface area (Å²) in [6.45, 7) is 4.67. The molecular weight excluding hydrogens is 464 g/mol.